The Labute approximate surface area is 161 Å². The molecule has 1 aromatic carbocycles. The van der Waals surface area contributed by atoms with Crippen LogP contribution in [-0.2, 0) is 4.79 Å². The van der Waals surface area contributed by atoms with Crippen molar-refractivity contribution in [1.82, 2.24) is 21.1 Å². The van der Waals surface area contributed by atoms with Crippen molar-refractivity contribution in [3.63, 3.8) is 0 Å². The standard InChI is InChI=1S/C20H31N5O2/c1-13(2)27-16-10-8-14(9-11-16)22-20-23-18-17(19(26)24-20)12-21-25(18)15-6-4-3-5-7-15/h8-11,13,15,17-18,20-23H,3-7,12H2,1-2H3,(H,24,26). The number of carbonyl (C=O) groups is 1. The zero-order valence-electron chi connectivity index (χ0n) is 16.2. The SMILES string of the molecule is CC(C)Oc1ccc(NC2NC(=O)C3CNN(C4CCCCC4)C3N2)cc1. The fourth-order valence-corrected chi connectivity index (χ4v) is 4.36. The number of hydrazine groups is 1. The van der Waals surface area contributed by atoms with Crippen LogP contribution in [0, 0.1) is 5.92 Å². The van der Waals surface area contributed by atoms with Gasteiger partial charge in [-0.3, -0.25) is 15.5 Å². The van der Waals surface area contributed by atoms with Crippen LogP contribution in [0.15, 0.2) is 24.3 Å². The zero-order chi connectivity index (χ0) is 18.8. The summed E-state index contributed by atoms with van der Waals surface area (Å²) in [5, 5.41) is 12.3. The lowest BCUT2D eigenvalue weighted by atomic mass is 9.94. The number of hydrogen-bond acceptors (Lipinski definition) is 6. The Bertz CT molecular complexity index is 644. The molecular weight excluding hydrogens is 342 g/mol. The maximum atomic E-state index is 12.6. The second-order valence-corrected chi connectivity index (χ2v) is 8.06. The molecule has 0 spiro atoms. The largest absolute Gasteiger partial charge is 0.491 e. The van der Waals surface area contributed by atoms with Crippen LogP contribution in [0.25, 0.3) is 0 Å². The van der Waals surface area contributed by atoms with Crippen LogP contribution >= 0.6 is 0 Å². The number of ether oxygens (including phenoxy) is 1. The van der Waals surface area contributed by atoms with Crippen LogP contribution in [0.3, 0.4) is 0 Å². The molecule has 1 aromatic rings. The lowest BCUT2D eigenvalue weighted by Crippen LogP contribution is -2.67. The van der Waals surface area contributed by atoms with Gasteiger partial charge in [-0.1, -0.05) is 19.3 Å². The Morgan fingerprint density at radius 3 is 2.59 bits per heavy atom. The van der Waals surface area contributed by atoms with Crippen LogP contribution in [0.5, 0.6) is 5.75 Å². The summed E-state index contributed by atoms with van der Waals surface area (Å²) < 4.78 is 5.69. The summed E-state index contributed by atoms with van der Waals surface area (Å²) in [6.45, 7) is 4.73. The van der Waals surface area contributed by atoms with Crippen molar-refractivity contribution >= 4 is 11.6 Å². The Kier molecular flexibility index (Phi) is 5.52. The van der Waals surface area contributed by atoms with Gasteiger partial charge < -0.3 is 15.4 Å². The highest BCUT2D eigenvalue weighted by Gasteiger charge is 2.46. The predicted molar refractivity (Wildman–Crippen MR) is 105 cm³/mol. The molecule has 4 N–H and O–H groups in total. The van der Waals surface area contributed by atoms with E-state index in [4.69, 9.17) is 4.74 Å². The van der Waals surface area contributed by atoms with Crippen molar-refractivity contribution in [3.05, 3.63) is 24.3 Å². The normalized spacial score (nSPS) is 29.4. The van der Waals surface area contributed by atoms with E-state index in [1.54, 1.807) is 0 Å². The highest BCUT2D eigenvalue weighted by molar-refractivity contribution is 5.81. The molecule has 1 aliphatic carbocycles. The first-order valence-electron chi connectivity index (χ1n) is 10.2. The molecule has 27 heavy (non-hydrogen) atoms. The van der Waals surface area contributed by atoms with Gasteiger partial charge in [0.25, 0.3) is 0 Å². The number of amides is 1. The van der Waals surface area contributed by atoms with E-state index < -0.39 is 0 Å². The lowest BCUT2D eigenvalue weighted by molar-refractivity contribution is -0.129. The van der Waals surface area contributed by atoms with Crippen molar-refractivity contribution in [2.75, 3.05) is 11.9 Å². The number of nitrogens with one attached hydrogen (secondary N) is 4. The van der Waals surface area contributed by atoms with Crippen LogP contribution in [0.1, 0.15) is 46.0 Å². The first kappa shape index (κ1) is 18.5. The van der Waals surface area contributed by atoms with Crippen LogP contribution in [0.2, 0.25) is 0 Å². The molecule has 0 radical (unpaired) electrons. The number of fused-ring (bicyclic) bond motifs is 1. The van der Waals surface area contributed by atoms with Gasteiger partial charge in [0.05, 0.1) is 18.2 Å². The minimum atomic E-state index is -0.290. The summed E-state index contributed by atoms with van der Waals surface area (Å²) in [5.74, 6) is 0.897. The number of nitrogens with zero attached hydrogens (tertiary/aromatic N) is 1. The molecule has 0 aromatic heterocycles. The number of hydrogen-bond donors (Lipinski definition) is 4. The smallest absolute Gasteiger partial charge is 0.230 e. The molecule has 2 heterocycles. The summed E-state index contributed by atoms with van der Waals surface area (Å²) >= 11 is 0. The lowest BCUT2D eigenvalue weighted by Gasteiger charge is -2.41. The third-order valence-corrected chi connectivity index (χ3v) is 5.64. The second-order valence-electron chi connectivity index (χ2n) is 8.06. The predicted octanol–water partition coefficient (Wildman–Crippen LogP) is 1.98. The van der Waals surface area contributed by atoms with Gasteiger partial charge in [-0.05, 0) is 51.0 Å². The van der Waals surface area contributed by atoms with E-state index >= 15 is 0 Å². The third kappa shape index (κ3) is 4.20. The van der Waals surface area contributed by atoms with Gasteiger partial charge in [-0.15, -0.1) is 0 Å². The molecule has 7 nitrogen and oxygen atoms in total. The van der Waals surface area contributed by atoms with E-state index in [9.17, 15) is 4.79 Å². The van der Waals surface area contributed by atoms with E-state index in [-0.39, 0.29) is 30.4 Å². The summed E-state index contributed by atoms with van der Waals surface area (Å²) in [6, 6.07) is 8.36. The zero-order valence-corrected chi connectivity index (χ0v) is 16.2. The van der Waals surface area contributed by atoms with Crippen LogP contribution in [0.4, 0.5) is 5.69 Å². The van der Waals surface area contributed by atoms with Gasteiger partial charge in [-0.25, -0.2) is 5.01 Å². The summed E-state index contributed by atoms with van der Waals surface area (Å²) in [6.07, 6.45) is 6.18. The molecule has 3 unspecified atom stereocenters. The third-order valence-electron chi connectivity index (χ3n) is 5.64. The topological polar surface area (TPSA) is 77.7 Å². The van der Waals surface area contributed by atoms with Crippen molar-refractivity contribution in [2.45, 2.75) is 70.6 Å². The molecule has 148 valence electrons. The Balaban J connectivity index is 1.40. The van der Waals surface area contributed by atoms with E-state index in [1.165, 1.54) is 32.1 Å². The Morgan fingerprint density at radius 1 is 1.15 bits per heavy atom. The molecule has 3 atom stereocenters. The second kappa shape index (κ2) is 8.04. The monoisotopic (exact) mass is 373 g/mol. The Morgan fingerprint density at radius 2 is 1.89 bits per heavy atom. The quantitative estimate of drug-likeness (QED) is 0.632. The highest BCUT2D eigenvalue weighted by Crippen LogP contribution is 2.28. The summed E-state index contributed by atoms with van der Waals surface area (Å²) in [4.78, 5) is 12.6. The van der Waals surface area contributed by atoms with E-state index in [0.717, 1.165) is 11.4 Å². The minimum Gasteiger partial charge on any atom is -0.491 e. The molecule has 0 bridgehead atoms. The van der Waals surface area contributed by atoms with Gasteiger partial charge in [0.2, 0.25) is 5.91 Å². The maximum absolute atomic E-state index is 12.6. The van der Waals surface area contributed by atoms with E-state index in [2.05, 4.69) is 26.4 Å². The fraction of sp³-hybridized carbons (Fsp3) is 0.650. The molecule has 1 saturated carbocycles. The van der Waals surface area contributed by atoms with Crippen molar-refractivity contribution in [2.24, 2.45) is 5.92 Å². The molecule has 3 aliphatic rings. The first-order chi connectivity index (χ1) is 13.1. The van der Waals surface area contributed by atoms with Crippen molar-refractivity contribution in [1.29, 1.82) is 0 Å². The van der Waals surface area contributed by atoms with Gasteiger partial charge in [0.1, 0.15) is 5.75 Å². The maximum Gasteiger partial charge on any atom is 0.230 e. The van der Waals surface area contributed by atoms with Crippen LogP contribution < -0.4 is 26.1 Å². The van der Waals surface area contributed by atoms with Gasteiger partial charge in [0.15, 0.2) is 6.29 Å². The number of anilines is 1. The summed E-state index contributed by atoms with van der Waals surface area (Å²) in [5.41, 5.74) is 4.42. The highest BCUT2D eigenvalue weighted by atomic mass is 16.5. The molecule has 3 fully saturated rings. The van der Waals surface area contributed by atoms with Crippen molar-refractivity contribution in [3.8, 4) is 5.75 Å². The van der Waals surface area contributed by atoms with Crippen molar-refractivity contribution < 1.29 is 9.53 Å². The van der Waals surface area contributed by atoms with E-state index in [1.807, 2.05) is 38.1 Å². The summed E-state index contributed by atoms with van der Waals surface area (Å²) in [7, 11) is 0. The first-order valence-corrected chi connectivity index (χ1v) is 10.2. The number of benzene rings is 1. The van der Waals surface area contributed by atoms with Gasteiger partial charge in [-0.2, -0.15) is 0 Å². The number of carbonyl (C=O) groups excluding carboxylic acids is 1. The minimum absolute atomic E-state index is 0.0305. The van der Waals surface area contributed by atoms with Gasteiger partial charge in [0, 0.05) is 18.3 Å². The molecule has 4 rings (SSSR count). The molecule has 2 aliphatic heterocycles. The fourth-order valence-electron chi connectivity index (χ4n) is 4.36. The number of rotatable bonds is 5. The average Bonchev–Trinajstić information content (AvgIpc) is 3.08. The van der Waals surface area contributed by atoms with Crippen LogP contribution in [-0.4, -0.2) is 42.1 Å². The van der Waals surface area contributed by atoms with Gasteiger partial charge >= 0.3 is 0 Å². The molecule has 1 amide bonds. The Hall–Kier alpha value is -1.83. The molecular formula is C20H31N5O2. The molecule has 2 saturated heterocycles. The molecule has 7 heteroatoms. The average molecular weight is 374 g/mol. The van der Waals surface area contributed by atoms with E-state index in [0.29, 0.717) is 12.6 Å².